The monoisotopic (exact) mass is 475 g/mol. The van der Waals surface area contributed by atoms with E-state index in [1.165, 1.54) is 35.4 Å². The van der Waals surface area contributed by atoms with Crippen LogP contribution in [0.3, 0.4) is 0 Å². The highest BCUT2D eigenvalue weighted by atomic mass is 19.1. The Morgan fingerprint density at radius 3 is 2.49 bits per heavy atom. The van der Waals surface area contributed by atoms with E-state index in [-0.39, 0.29) is 24.4 Å². The highest BCUT2D eigenvalue weighted by Crippen LogP contribution is 2.38. The fourth-order valence-electron chi connectivity index (χ4n) is 4.62. The number of hydrogen-bond donors (Lipinski definition) is 1. The summed E-state index contributed by atoms with van der Waals surface area (Å²) in [6.07, 6.45) is 6.55. The third kappa shape index (κ3) is 4.96. The maximum Gasteiger partial charge on any atom is 0.277 e. The third-order valence-corrected chi connectivity index (χ3v) is 6.38. The summed E-state index contributed by atoms with van der Waals surface area (Å²) in [5, 5.41) is 3.14. The predicted molar refractivity (Wildman–Crippen MR) is 128 cm³/mol. The first-order valence-electron chi connectivity index (χ1n) is 11.8. The molecule has 1 aromatic heterocycles. The van der Waals surface area contributed by atoms with Gasteiger partial charge < -0.3 is 14.8 Å². The molecule has 1 aliphatic carbocycles. The van der Waals surface area contributed by atoms with E-state index < -0.39 is 17.8 Å². The number of aromatic nitrogens is 1. The first-order valence-corrected chi connectivity index (χ1v) is 11.8. The minimum absolute atomic E-state index is 0.0303. The van der Waals surface area contributed by atoms with Crippen LogP contribution in [0.1, 0.15) is 54.2 Å². The van der Waals surface area contributed by atoms with Crippen molar-refractivity contribution >= 4 is 17.5 Å². The van der Waals surface area contributed by atoms with Crippen molar-refractivity contribution < 1.29 is 23.5 Å². The Kier molecular flexibility index (Phi) is 6.61. The third-order valence-electron chi connectivity index (χ3n) is 6.38. The molecule has 1 N–H and O–H groups in total. The molecule has 180 valence electrons. The smallest absolute Gasteiger partial charge is 0.277 e. The number of fused-ring (bicyclic) bond motifs is 1. The van der Waals surface area contributed by atoms with Crippen LogP contribution < -0.4 is 19.7 Å². The van der Waals surface area contributed by atoms with Crippen molar-refractivity contribution in [3.63, 3.8) is 0 Å². The summed E-state index contributed by atoms with van der Waals surface area (Å²) in [5.74, 6) is -0.176. The molecule has 7 nitrogen and oxygen atoms in total. The summed E-state index contributed by atoms with van der Waals surface area (Å²) in [5.41, 5.74) is 1.11. The van der Waals surface area contributed by atoms with Gasteiger partial charge in [-0.25, -0.2) is 4.39 Å². The first kappa shape index (κ1) is 22.8. The van der Waals surface area contributed by atoms with Crippen LogP contribution in [0.15, 0.2) is 66.9 Å². The maximum atomic E-state index is 13.9. The van der Waals surface area contributed by atoms with Gasteiger partial charge in [-0.2, -0.15) is 0 Å². The van der Waals surface area contributed by atoms with E-state index in [1.807, 2.05) is 0 Å². The minimum atomic E-state index is -1.05. The first-order chi connectivity index (χ1) is 17.1. The number of hydrogen-bond acceptors (Lipinski definition) is 5. The fraction of sp³-hybridized carbons (Fsp3) is 0.296. The molecule has 2 aromatic carbocycles. The standard InChI is InChI=1S/C27H26FN3O4/c28-19-11-9-18(10-12-19)25(26(32)30-20-6-2-1-3-7-20)31(27(33)22-8-4-5-15-29-22)21-13-14-23-24(16-21)35-17-34-23/h4-5,8-16,20,25H,1-3,6-7,17H2,(H,30,32). The van der Waals surface area contributed by atoms with Crippen molar-refractivity contribution in [1.29, 1.82) is 0 Å². The van der Waals surface area contributed by atoms with E-state index in [0.717, 1.165) is 32.1 Å². The molecule has 2 heterocycles. The van der Waals surface area contributed by atoms with Crippen LogP contribution in [0.2, 0.25) is 0 Å². The van der Waals surface area contributed by atoms with E-state index in [2.05, 4.69) is 10.3 Å². The lowest BCUT2D eigenvalue weighted by atomic mass is 9.94. The Labute approximate surface area is 202 Å². The Morgan fingerprint density at radius 1 is 0.971 bits per heavy atom. The van der Waals surface area contributed by atoms with Gasteiger partial charge in [-0.3, -0.25) is 19.5 Å². The highest BCUT2D eigenvalue weighted by molar-refractivity contribution is 6.09. The van der Waals surface area contributed by atoms with Crippen molar-refractivity contribution in [3.05, 3.63) is 83.9 Å². The number of rotatable bonds is 6. The highest BCUT2D eigenvalue weighted by Gasteiger charge is 2.36. The van der Waals surface area contributed by atoms with Crippen LogP contribution in [0.25, 0.3) is 0 Å². The number of amides is 2. The number of carbonyl (C=O) groups excluding carboxylic acids is 2. The zero-order valence-electron chi connectivity index (χ0n) is 19.2. The van der Waals surface area contributed by atoms with Gasteiger partial charge in [-0.15, -0.1) is 0 Å². The zero-order valence-corrected chi connectivity index (χ0v) is 19.2. The molecule has 5 rings (SSSR count). The summed E-state index contributed by atoms with van der Waals surface area (Å²) in [6, 6.07) is 14.8. The minimum Gasteiger partial charge on any atom is -0.454 e. The van der Waals surface area contributed by atoms with E-state index in [1.54, 1.807) is 36.4 Å². The van der Waals surface area contributed by atoms with E-state index >= 15 is 0 Å². The number of halogens is 1. The van der Waals surface area contributed by atoms with Crippen LogP contribution in [-0.2, 0) is 4.79 Å². The van der Waals surface area contributed by atoms with Gasteiger partial charge >= 0.3 is 0 Å². The summed E-state index contributed by atoms with van der Waals surface area (Å²) < 4.78 is 24.8. The quantitative estimate of drug-likeness (QED) is 0.555. The van der Waals surface area contributed by atoms with Crippen molar-refractivity contribution in [2.75, 3.05) is 11.7 Å². The van der Waals surface area contributed by atoms with Gasteiger partial charge in [0.2, 0.25) is 12.7 Å². The van der Waals surface area contributed by atoms with Crippen LogP contribution in [0.4, 0.5) is 10.1 Å². The van der Waals surface area contributed by atoms with Gasteiger partial charge in [0.05, 0.1) is 0 Å². The van der Waals surface area contributed by atoms with Gasteiger partial charge in [0.1, 0.15) is 17.6 Å². The Bertz CT molecular complexity index is 1200. The van der Waals surface area contributed by atoms with Gasteiger partial charge in [-0.05, 0) is 54.8 Å². The lowest BCUT2D eigenvalue weighted by Crippen LogP contribution is -2.47. The number of nitrogens with zero attached hydrogens (tertiary/aromatic N) is 2. The Morgan fingerprint density at radius 2 is 1.74 bits per heavy atom. The van der Waals surface area contributed by atoms with Gasteiger partial charge in [0.25, 0.3) is 5.91 Å². The zero-order chi connectivity index (χ0) is 24.2. The lowest BCUT2D eigenvalue weighted by Gasteiger charge is -2.33. The van der Waals surface area contributed by atoms with Crippen molar-refractivity contribution in [2.24, 2.45) is 0 Å². The molecule has 0 bridgehead atoms. The summed E-state index contributed by atoms with van der Waals surface area (Å²) in [7, 11) is 0. The summed E-state index contributed by atoms with van der Waals surface area (Å²) >= 11 is 0. The molecule has 3 aromatic rings. The van der Waals surface area contributed by atoms with E-state index in [9.17, 15) is 14.0 Å². The molecule has 1 fully saturated rings. The maximum absolute atomic E-state index is 13.9. The number of ether oxygens (including phenoxy) is 2. The molecule has 0 spiro atoms. The number of benzene rings is 2. The second kappa shape index (κ2) is 10.1. The molecule has 0 radical (unpaired) electrons. The van der Waals surface area contributed by atoms with Crippen molar-refractivity contribution in [1.82, 2.24) is 10.3 Å². The Balaban J connectivity index is 1.60. The molecule has 1 unspecified atom stereocenters. The van der Waals surface area contributed by atoms with Crippen LogP contribution >= 0.6 is 0 Å². The number of pyridine rings is 1. The second-order valence-electron chi connectivity index (χ2n) is 8.73. The molecule has 2 amide bonds. The summed E-state index contributed by atoms with van der Waals surface area (Å²) in [6.45, 7) is 0.0799. The van der Waals surface area contributed by atoms with Crippen LogP contribution in [0.5, 0.6) is 11.5 Å². The average molecular weight is 476 g/mol. The van der Waals surface area contributed by atoms with Gasteiger partial charge in [-0.1, -0.05) is 37.5 Å². The molecule has 8 heteroatoms. The van der Waals surface area contributed by atoms with Crippen LogP contribution in [0, 0.1) is 5.82 Å². The molecule has 1 atom stereocenters. The lowest BCUT2D eigenvalue weighted by molar-refractivity contribution is -0.123. The largest absolute Gasteiger partial charge is 0.454 e. The van der Waals surface area contributed by atoms with Crippen molar-refractivity contribution in [3.8, 4) is 11.5 Å². The molecular weight excluding hydrogens is 449 g/mol. The SMILES string of the molecule is O=C(NC1CCCCC1)C(c1ccc(F)cc1)N(C(=O)c1ccccn1)c1ccc2c(c1)OCO2. The second-order valence-corrected chi connectivity index (χ2v) is 8.73. The molecular formula is C27H26FN3O4. The van der Waals surface area contributed by atoms with Gasteiger partial charge in [0.15, 0.2) is 11.5 Å². The van der Waals surface area contributed by atoms with E-state index in [0.29, 0.717) is 22.7 Å². The van der Waals surface area contributed by atoms with E-state index in [4.69, 9.17) is 9.47 Å². The topological polar surface area (TPSA) is 80.8 Å². The Hall–Kier alpha value is -3.94. The van der Waals surface area contributed by atoms with Crippen molar-refractivity contribution in [2.45, 2.75) is 44.2 Å². The fourth-order valence-corrected chi connectivity index (χ4v) is 4.62. The molecule has 35 heavy (non-hydrogen) atoms. The number of anilines is 1. The molecule has 1 saturated carbocycles. The molecule has 1 aliphatic heterocycles. The normalized spacial score (nSPS) is 15.9. The van der Waals surface area contributed by atoms with Gasteiger partial charge in [0, 0.05) is 24.0 Å². The molecule has 2 aliphatic rings. The average Bonchev–Trinajstić information content (AvgIpc) is 3.37. The predicted octanol–water partition coefficient (Wildman–Crippen LogP) is 4.79. The number of nitrogens with one attached hydrogen (secondary N) is 1. The summed E-state index contributed by atoms with van der Waals surface area (Å²) in [4.78, 5) is 33.3. The van der Waals surface area contributed by atoms with Crippen LogP contribution in [-0.4, -0.2) is 29.6 Å². The molecule has 0 saturated heterocycles. The number of carbonyl (C=O) groups is 2.